The number of hydrogen-bond acceptors (Lipinski definition) is 3. The summed E-state index contributed by atoms with van der Waals surface area (Å²) in [5.41, 5.74) is -0.684. The van der Waals surface area contributed by atoms with Gasteiger partial charge in [-0.2, -0.15) is 13.2 Å². The Morgan fingerprint density at radius 1 is 1.11 bits per heavy atom. The van der Waals surface area contributed by atoms with Crippen molar-refractivity contribution in [2.24, 2.45) is 0 Å². The summed E-state index contributed by atoms with van der Waals surface area (Å²) >= 11 is 1.18. The second-order valence-corrected chi connectivity index (χ2v) is 4.70. The number of ether oxygens (including phenoxy) is 1. The van der Waals surface area contributed by atoms with Crippen LogP contribution in [0, 0.1) is 0 Å². The molecule has 92 valence electrons. The van der Waals surface area contributed by atoms with Gasteiger partial charge in [-0.1, -0.05) is 11.8 Å². The van der Waals surface area contributed by atoms with Gasteiger partial charge in [0.15, 0.2) is 5.75 Å². The van der Waals surface area contributed by atoms with Gasteiger partial charge in [0.1, 0.15) is 10.8 Å². The van der Waals surface area contributed by atoms with E-state index in [-0.39, 0.29) is 0 Å². The molecular weight excluding hydrogens is 263 g/mol. The predicted octanol–water partition coefficient (Wildman–Crippen LogP) is 4.36. The van der Waals surface area contributed by atoms with Gasteiger partial charge in [0.25, 0.3) is 0 Å². The molecule has 0 saturated heterocycles. The fourth-order valence-electron chi connectivity index (χ4n) is 1.60. The highest BCUT2D eigenvalue weighted by atomic mass is 32.2. The molecule has 0 saturated carbocycles. The molecule has 1 aliphatic heterocycles. The maximum absolute atomic E-state index is 12.6. The molecule has 0 fully saturated rings. The summed E-state index contributed by atoms with van der Waals surface area (Å²) in [5.74, 6) is 0.989. The standard InChI is InChI=1S/C12H6F3NOS/c13-12(14,15)7-3-4-8-10(6-7)18-11-9(17-8)2-1-5-16-11/h1-6H. The first-order chi connectivity index (χ1) is 8.54. The van der Waals surface area contributed by atoms with E-state index in [2.05, 4.69) is 4.98 Å². The van der Waals surface area contributed by atoms with Gasteiger partial charge in [-0.25, -0.2) is 4.98 Å². The summed E-state index contributed by atoms with van der Waals surface area (Å²) in [4.78, 5) is 4.49. The molecule has 1 aromatic carbocycles. The Bertz CT molecular complexity index is 613. The van der Waals surface area contributed by atoms with Crippen LogP contribution < -0.4 is 4.74 Å². The van der Waals surface area contributed by atoms with E-state index >= 15 is 0 Å². The third-order valence-electron chi connectivity index (χ3n) is 2.43. The van der Waals surface area contributed by atoms with Gasteiger partial charge in [0.05, 0.1) is 10.5 Å². The zero-order chi connectivity index (χ0) is 12.8. The zero-order valence-electron chi connectivity index (χ0n) is 8.86. The van der Waals surface area contributed by atoms with E-state index in [1.165, 1.54) is 17.8 Å². The van der Waals surface area contributed by atoms with Crippen LogP contribution in [-0.2, 0) is 6.18 Å². The number of aromatic nitrogens is 1. The lowest BCUT2D eigenvalue weighted by atomic mass is 10.2. The Balaban J connectivity index is 2.04. The lowest BCUT2D eigenvalue weighted by molar-refractivity contribution is -0.137. The molecular formula is C12H6F3NOS. The number of halogens is 3. The number of hydrogen-bond donors (Lipinski definition) is 0. The van der Waals surface area contributed by atoms with E-state index in [0.717, 1.165) is 12.1 Å². The van der Waals surface area contributed by atoms with Crippen LogP contribution in [-0.4, -0.2) is 4.98 Å². The first kappa shape index (κ1) is 11.4. The third-order valence-corrected chi connectivity index (χ3v) is 3.47. The Hall–Kier alpha value is -1.69. The molecule has 0 N–H and O–H groups in total. The Kier molecular flexibility index (Phi) is 2.48. The van der Waals surface area contributed by atoms with Gasteiger partial charge in [-0.05, 0) is 30.3 Å². The quantitative estimate of drug-likeness (QED) is 0.605. The van der Waals surface area contributed by atoms with E-state index in [1.807, 2.05) is 0 Å². The summed E-state index contributed by atoms with van der Waals surface area (Å²) < 4.78 is 43.3. The second kappa shape index (κ2) is 3.91. The highest BCUT2D eigenvalue weighted by molar-refractivity contribution is 7.99. The van der Waals surface area contributed by atoms with Crippen molar-refractivity contribution in [1.82, 2.24) is 4.98 Å². The molecule has 0 spiro atoms. The van der Waals surface area contributed by atoms with Gasteiger partial charge in [0.2, 0.25) is 0 Å². The van der Waals surface area contributed by atoms with Gasteiger partial charge in [-0.3, -0.25) is 0 Å². The van der Waals surface area contributed by atoms with Crippen molar-refractivity contribution in [3.63, 3.8) is 0 Å². The molecule has 2 heterocycles. The average molecular weight is 269 g/mol. The molecule has 0 amide bonds. The Labute approximate surface area is 105 Å². The predicted molar refractivity (Wildman–Crippen MR) is 59.9 cm³/mol. The van der Waals surface area contributed by atoms with Crippen molar-refractivity contribution in [3.05, 3.63) is 42.1 Å². The van der Waals surface area contributed by atoms with E-state index in [0.29, 0.717) is 21.4 Å². The van der Waals surface area contributed by atoms with Crippen LogP contribution in [0.1, 0.15) is 5.56 Å². The molecule has 1 aromatic heterocycles. The fraction of sp³-hybridized carbons (Fsp3) is 0.0833. The molecule has 2 aromatic rings. The lowest BCUT2D eigenvalue weighted by Gasteiger charge is -2.19. The van der Waals surface area contributed by atoms with Crippen molar-refractivity contribution in [2.75, 3.05) is 0 Å². The number of benzene rings is 1. The van der Waals surface area contributed by atoms with Crippen LogP contribution in [0.3, 0.4) is 0 Å². The molecule has 2 nitrogen and oxygen atoms in total. The summed E-state index contributed by atoms with van der Waals surface area (Å²) in [6.45, 7) is 0. The molecule has 0 unspecified atom stereocenters. The molecule has 0 aliphatic carbocycles. The van der Waals surface area contributed by atoms with Crippen molar-refractivity contribution >= 4 is 11.8 Å². The first-order valence-corrected chi connectivity index (χ1v) is 5.88. The minimum atomic E-state index is -4.35. The SMILES string of the molecule is FC(F)(F)c1ccc2c(c1)Sc1ncccc1O2. The normalized spacial score (nSPS) is 13.5. The largest absolute Gasteiger partial charge is 0.453 e. The van der Waals surface area contributed by atoms with Crippen LogP contribution >= 0.6 is 11.8 Å². The van der Waals surface area contributed by atoms with Gasteiger partial charge in [0, 0.05) is 6.20 Å². The summed E-state index contributed by atoms with van der Waals surface area (Å²) in [7, 11) is 0. The molecule has 0 atom stereocenters. The van der Waals surface area contributed by atoms with Gasteiger partial charge < -0.3 is 4.74 Å². The van der Waals surface area contributed by atoms with E-state index < -0.39 is 11.7 Å². The van der Waals surface area contributed by atoms with Crippen molar-refractivity contribution in [2.45, 2.75) is 16.1 Å². The number of alkyl halides is 3. The maximum Gasteiger partial charge on any atom is 0.416 e. The number of rotatable bonds is 0. The smallest absolute Gasteiger partial charge is 0.416 e. The molecule has 1 aliphatic rings. The minimum Gasteiger partial charge on any atom is -0.453 e. The topological polar surface area (TPSA) is 22.1 Å². The molecule has 0 radical (unpaired) electrons. The van der Waals surface area contributed by atoms with Crippen molar-refractivity contribution in [1.29, 1.82) is 0 Å². The van der Waals surface area contributed by atoms with E-state index in [1.54, 1.807) is 18.3 Å². The minimum absolute atomic E-state index is 0.425. The molecule has 18 heavy (non-hydrogen) atoms. The van der Waals surface area contributed by atoms with Crippen LogP contribution in [0.15, 0.2) is 46.5 Å². The lowest BCUT2D eigenvalue weighted by Crippen LogP contribution is -2.06. The maximum atomic E-state index is 12.6. The number of pyridine rings is 1. The van der Waals surface area contributed by atoms with Gasteiger partial charge in [-0.15, -0.1) is 0 Å². The number of nitrogens with zero attached hydrogens (tertiary/aromatic N) is 1. The monoisotopic (exact) mass is 269 g/mol. The fourth-order valence-corrected chi connectivity index (χ4v) is 2.53. The van der Waals surface area contributed by atoms with E-state index in [4.69, 9.17) is 4.74 Å². The summed E-state index contributed by atoms with van der Waals surface area (Å²) in [6, 6.07) is 6.88. The van der Waals surface area contributed by atoms with E-state index in [9.17, 15) is 13.2 Å². The van der Waals surface area contributed by atoms with Crippen LogP contribution in [0.2, 0.25) is 0 Å². The molecule has 6 heteroatoms. The first-order valence-electron chi connectivity index (χ1n) is 5.06. The van der Waals surface area contributed by atoms with Crippen molar-refractivity contribution < 1.29 is 17.9 Å². The molecule has 3 rings (SSSR count). The Morgan fingerprint density at radius 2 is 1.94 bits per heavy atom. The van der Waals surface area contributed by atoms with Crippen LogP contribution in [0.25, 0.3) is 0 Å². The molecule has 0 bridgehead atoms. The van der Waals surface area contributed by atoms with Gasteiger partial charge >= 0.3 is 6.18 Å². The summed E-state index contributed by atoms with van der Waals surface area (Å²) in [5, 5.41) is 0.573. The average Bonchev–Trinajstić information content (AvgIpc) is 2.34. The highest BCUT2D eigenvalue weighted by Gasteiger charge is 2.32. The Morgan fingerprint density at radius 3 is 2.72 bits per heavy atom. The zero-order valence-corrected chi connectivity index (χ0v) is 9.68. The van der Waals surface area contributed by atoms with Crippen LogP contribution in [0.4, 0.5) is 13.2 Å². The van der Waals surface area contributed by atoms with Crippen molar-refractivity contribution in [3.8, 4) is 11.5 Å². The summed E-state index contributed by atoms with van der Waals surface area (Å²) in [6.07, 6.45) is -2.77. The van der Waals surface area contributed by atoms with Crippen LogP contribution in [0.5, 0.6) is 11.5 Å². The second-order valence-electron chi connectivity index (χ2n) is 3.67. The number of fused-ring (bicyclic) bond motifs is 2. The highest BCUT2D eigenvalue weighted by Crippen LogP contribution is 2.47. The third kappa shape index (κ3) is 1.92.